The van der Waals surface area contributed by atoms with Crippen molar-refractivity contribution in [3.63, 3.8) is 0 Å². The number of benzene rings is 1. The average Bonchev–Trinajstić information content (AvgIpc) is 3.55. The van der Waals surface area contributed by atoms with Gasteiger partial charge in [-0.3, -0.25) is 19.3 Å². The normalized spacial score (nSPS) is 26.8. The van der Waals surface area contributed by atoms with Crippen molar-refractivity contribution in [3.05, 3.63) is 34.9 Å². The van der Waals surface area contributed by atoms with E-state index >= 15 is 0 Å². The molecule has 0 aromatic heterocycles. The first-order chi connectivity index (χ1) is 14.6. The zero-order valence-electron chi connectivity index (χ0n) is 17.3. The molecule has 3 amide bonds. The van der Waals surface area contributed by atoms with Gasteiger partial charge in [0.05, 0.1) is 23.8 Å². The minimum absolute atomic E-state index is 0.0303. The van der Waals surface area contributed by atoms with Crippen LogP contribution in [0.15, 0.2) is 18.2 Å². The molecule has 2 unspecified atom stereocenters. The summed E-state index contributed by atoms with van der Waals surface area (Å²) in [5.41, 5.74) is 1.24. The second-order valence-corrected chi connectivity index (χ2v) is 8.92. The van der Waals surface area contributed by atoms with Crippen molar-refractivity contribution in [1.29, 1.82) is 0 Å². The third-order valence-corrected chi connectivity index (χ3v) is 6.93. The van der Waals surface area contributed by atoms with Crippen molar-refractivity contribution in [2.75, 3.05) is 39.3 Å². The lowest BCUT2D eigenvalue weighted by Crippen LogP contribution is -2.42. The number of rotatable bonds is 5. The van der Waals surface area contributed by atoms with Gasteiger partial charge in [-0.2, -0.15) is 0 Å². The Morgan fingerprint density at radius 2 is 1.73 bits per heavy atom. The highest BCUT2D eigenvalue weighted by molar-refractivity contribution is 6.22. The van der Waals surface area contributed by atoms with Gasteiger partial charge in [0.25, 0.3) is 17.7 Å². The lowest BCUT2D eigenvalue weighted by molar-refractivity contribution is 0.0475. The standard InChI is InChI=1S/C23H29N3O4/c27-21(25-11-3-5-17(25)14-24-9-1-2-10-24)16-7-8-19-20(13-16)23(29)26(22(19)28)15-18-6-4-12-30-18/h7-8,13,17-18H,1-6,9-12,14-15H2. The van der Waals surface area contributed by atoms with Crippen LogP contribution < -0.4 is 0 Å². The summed E-state index contributed by atoms with van der Waals surface area (Å²) in [6.07, 6.45) is 6.27. The minimum Gasteiger partial charge on any atom is -0.376 e. The second-order valence-electron chi connectivity index (χ2n) is 8.92. The van der Waals surface area contributed by atoms with E-state index in [9.17, 15) is 14.4 Å². The number of carbonyl (C=O) groups excluding carboxylic acids is 3. The van der Waals surface area contributed by atoms with E-state index in [1.165, 1.54) is 17.7 Å². The maximum absolute atomic E-state index is 13.3. The molecular formula is C23H29N3O4. The van der Waals surface area contributed by atoms with Gasteiger partial charge in [0.15, 0.2) is 0 Å². The molecule has 0 bridgehead atoms. The number of ether oxygens (including phenoxy) is 1. The molecular weight excluding hydrogens is 382 g/mol. The summed E-state index contributed by atoms with van der Waals surface area (Å²) in [5, 5.41) is 0. The number of amides is 3. The van der Waals surface area contributed by atoms with Gasteiger partial charge in [0.1, 0.15) is 0 Å². The Balaban J connectivity index is 1.32. The fourth-order valence-electron chi connectivity index (χ4n) is 5.30. The van der Waals surface area contributed by atoms with Crippen molar-refractivity contribution in [1.82, 2.24) is 14.7 Å². The molecule has 4 aliphatic rings. The van der Waals surface area contributed by atoms with Crippen molar-refractivity contribution >= 4 is 17.7 Å². The van der Waals surface area contributed by atoms with Gasteiger partial charge >= 0.3 is 0 Å². The van der Waals surface area contributed by atoms with Crippen LogP contribution in [0, 0.1) is 0 Å². The zero-order valence-corrected chi connectivity index (χ0v) is 17.3. The van der Waals surface area contributed by atoms with E-state index in [1.54, 1.807) is 18.2 Å². The van der Waals surface area contributed by atoms with E-state index in [0.717, 1.165) is 51.9 Å². The van der Waals surface area contributed by atoms with Crippen LogP contribution in [0.4, 0.5) is 0 Å². The molecule has 160 valence electrons. The molecule has 1 aromatic rings. The highest BCUT2D eigenvalue weighted by atomic mass is 16.5. The highest BCUT2D eigenvalue weighted by Gasteiger charge is 2.39. The highest BCUT2D eigenvalue weighted by Crippen LogP contribution is 2.28. The fourth-order valence-corrected chi connectivity index (χ4v) is 5.30. The van der Waals surface area contributed by atoms with E-state index in [0.29, 0.717) is 29.8 Å². The number of nitrogens with zero attached hydrogens (tertiary/aromatic N) is 3. The maximum atomic E-state index is 13.3. The van der Waals surface area contributed by atoms with Gasteiger partial charge < -0.3 is 14.5 Å². The minimum atomic E-state index is -0.310. The average molecular weight is 412 g/mol. The van der Waals surface area contributed by atoms with Gasteiger partial charge in [-0.1, -0.05) is 0 Å². The summed E-state index contributed by atoms with van der Waals surface area (Å²) < 4.78 is 5.60. The molecule has 0 N–H and O–H groups in total. The summed E-state index contributed by atoms with van der Waals surface area (Å²) in [7, 11) is 0. The van der Waals surface area contributed by atoms with Gasteiger partial charge in [-0.05, 0) is 69.8 Å². The predicted molar refractivity (Wildman–Crippen MR) is 111 cm³/mol. The SMILES string of the molecule is O=C1c2ccc(C(=O)N3CCCC3CN3CCCC3)cc2C(=O)N1CC1CCCO1. The third-order valence-electron chi connectivity index (χ3n) is 6.93. The topological polar surface area (TPSA) is 70.2 Å². The van der Waals surface area contributed by atoms with Crippen LogP contribution in [0.5, 0.6) is 0 Å². The first-order valence-corrected chi connectivity index (χ1v) is 11.3. The predicted octanol–water partition coefficient (Wildman–Crippen LogP) is 2.16. The second kappa shape index (κ2) is 8.12. The monoisotopic (exact) mass is 411 g/mol. The van der Waals surface area contributed by atoms with Crippen LogP contribution in [0.25, 0.3) is 0 Å². The Morgan fingerprint density at radius 1 is 0.933 bits per heavy atom. The van der Waals surface area contributed by atoms with Gasteiger partial charge in [-0.25, -0.2) is 0 Å². The maximum Gasteiger partial charge on any atom is 0.261 e. The van der Waals surface area contributed by atoms with Crippen molar-refractivity contribution in [2.45, 2.75) is 50.7 Å². The molecule has 3 saturated heterocycles. The van der Waals surface area contributed by atoms with Crippen molar-refractivity contribution in [3.8, 4) is 0 Å². The molecule has 1 aromatic carbocycles. The molecule has 4 aliphatic heterocycles. The molecule has 2 atom stereocenters. The van der Waals surface area contributed by atoms with Crippen LogP contribution in [0.1, 0.15) is 69.6 Å². The molecule has 0 saturated carbocycles. The van der Waals surface area contributed by atoms with E-state index in [-0.39, 0.29) is 29.9 Å². The van der Waals surface area contributed by atoms with E-state index < -0.39 is 0 Å². The zero-order chi connectivity index (χ0) is 20.7. The number of hydrogen-bond acceptors (Lipinski definition) is 5. The molecule has 4 heterocycles. The lowest BCUT2D eigenvalue weighted by Gasteiger charge is -2.28. The van der Waals surface area contributed by atoms with E-state index in [2.05, 4.69) is 4.90 Å². The quantitative estimate of drug-likeness (QED) is 0.695. The van der Waals surface area contributed by atoms with Crippen molar-refractivity contribution < 1.29 is 19.1 Å². The van der Waals surface area contributed by atoms with Crippen LogP contribution in [0.3, 0.4) is 0 Å². The third kappa shape index (κ3) is 3.54. The number of fused-ring (bicyclic) bond motifs is 1. The molecule has 0 aliphatic carbocycles. The first kappa shape index (κ1) is 19.7. The molecule has 3 fully saturated rings. The van der Waals surface area contributed by atoms with Gasteiger partial charge in [-0.15, -0.1) is 0 Å². The fraction of sp³-hybridized carbons (Fsp3) is 0.609. The smallest absolute Gasteiger partial charge is 0.261 e. The van der Waals surface area contributed by atoms with E-state index in [1.807, 2.05) is 4.90 Å². The van der Waals surface area contributed by atoms with Gasteiger partial charge in [0, 0.05) is 31.3 Å². The summed E-state index contributed by atoms with van der Waals surface area (Å²) >= 11 is 0. The summed E-state index contributed by atoms with van der Waals surface area (Å²) in [6.45, 7) is 4.90. The number of carbonyl (C=O) groups is 3. The summed E-state index contributed by atoms with van der Waals surface area (Å²) in [4.78, 5) is 44.6. The number of imide groups is 1. The number of hydrogen-bond donors (Lipinski definition) is 0. The molecule has 30 heavy (non-hydrogen) atoms. The largest absolute Gasteiger partial charge is 0.376 e. The Labute approximate surface area is 176 Å². The molecule has 5 rings (SSSR count). The molecule has 0 spiro atoms. The van der Waals surface area contributed by atoms with Crippen LogP contribution in [-0.2, 0) is 4.74 Å². The Kier molecular flexibility index (Phi) is 5.33. The number of likely N-dealkylation sites (tertiary alicyclic amines) is 2. The summed E-state index contributed by atoms with van der Waals surface area (Å²) in [6, 6.07) is 5.20. The van der Waals surface area contributed by atoms with E-state index in [4.69, 9.17) is 4.74 Å². The molecule has 7 heteroatoms. The van der Waals surface area contributed by atoms with Crippen LogP contribution >= 0.6 is 0 Å². The van der Waals surface area contributed by atoms with Crippen molar-refractivity contribution in [2.24, 2.45) is 0 Å². The summed E-state index contributed by atoms with van der Waals surface area (Å²) in [5.74, 6) is -0.620. The first-order valence-electron chi connectivity index (χ1n) is 11.3. The van der Waals surface area contributed by atoms with Crippen LogP contribution in [-0.4, -0.2) is 83.9 Å². The molecule has 0 radical (unpaired) electrons. The van der Waals surface area contributed by atoms with Crippen LogP contribution in [0.2, 0.25) is 0 Å². The Hall–Kier alpha value is -2.25. The Morgan fingerprint density at radius 3 is 2.50 bits per heavy atom. The Bertz CT molecular complexity index is 858. The lowest BCUT2D eigenvalue weighted by atomic mass is 10.0. The van der Waals surface area contributed by atoms with Gasteiger partial charge in [0.2, 0.25) is 0 Å². The molecule has 7 nitrogen and oxygen atoms in total.